The van der Waals surface area contributed by atoms with E-state index in [9.17, 15) is 9.18 Å². The zero-order valence-electron chi connectivity index (χ0n) is 19.6. The Hall–Kier alpha value is -2.69. The molecule has 0 atom stereocenters. The van der Waals surface area contributed by atoms with Gasteiger partial charge in [-0.05, 0) is 93.2 Å². The number of carbonyl (C=O) groups is 1. The average molecular weight is 448 g/mol. The molecule has 2 heterocycles. The number of hydrogen-bond acceptors (Lipinski definition) is 2. The van der Waals surface area contributed by atoms with Crippen molar-refractivity contribution < 1.29 is 9.18 Å². The average Bonchev–Trinajstić information content (AvgIpc) is 3.23. The van der Waals surface area contributed by atoms with Crippen LogP contribution in [0.1, 0.15) is 74.8 Å². The Morgan fingerprint density at radius 2 is 1.73 bits per heavy atom. The highest BCUT2D eigenvalue weighted by atomic mass is 19.1. The molecule has 2 fully saturated rings. The predicted octanol–water partition coefficient (Wildman–Crippen LogP) is 6.74. The predicted molar refractivity (Wildman–Crippen MR) is 131 cm³/mol. The number of imidazole rings is 1. The van der Waals surface area contributed by atoms with Crippen LogP contribution in [-0.2, 0) is 4.79 Å². The van der Waals surface area contributed by atoms with E-state index in [2.05, 4.69) is 14.9 Å². The van der Waals surface area contributed by atoms with Crippen molar-refractivity contribution in [2.45, 2.75) is 70.6 Å². The monoisotopic (exact) mass is 447 g/mol. The summed E-state index contributed by atoms with van der Waals surface area (Å²) < 4.78 is 14.8. The van der Waals surface area contributed by atoms with E-state index in [1.54, 1.807) is 6.07 Å². The van der Waals surface area contributed by atoms with Gasteiger partial charge in [-0.3, -0.25) is 4.79 Å². The van der Waals surface area contributed by atoms with Gasteiger partial charge in [0, 0.05) is 19.0 Å². The summed E-state index contributed by atoms with van der Waals surface area (Å²) in [6, 6.07) is 11.6. The molecule has 0 spiro atoms. The van der Waals surface area contributed by atoms with Crippen molar-refractivity contribution in [2.24, 2.45) is 5.92 Å². The molecule has 3 aromatic rings. The number of H-pyrrole nitrogens is 1. The number of rotatable bonds is 3. The van der Waals surface area contributed by atoms with Crippen molar-refractivity contribution in [3.63, 3.8) is 0 Å². The summed E-state index contributed by atoms with van der Waals surface area (Å²) in [5.41, 5.74) is 4.67. The number of hydrogen-bond donors (Lipinski definition) is 1. The quantitative estimate of drug-likeness (QED) is 0.483. The molecule has 1 aliphatic carbocycles. The molecular formula is C28H34FN3O. The van der Waals surface area contributed by atoms with Crippen molar-refractivity contribution in [3.05, 3.63) is 53.3 Å². The molecule has 1 N–H and O–H groups in total. The highest BCUT2D eigenvalue weighted by Crippen LogP contribution is 2.36. The molecule has 5 rings (SSSR count). The van der Waals surface area contributed by atoms with Crippen molar-refractivity contribution in [1.29, 1.82) is 0 Å². The van der Waals surface area contributed by atoms with Crippen molar-refractivity contribution in [3.8, 4) is 11.4 Å². The number of halogens is 1. The maximum Gasteiger partial charge on any atom is 0.225 e. The first-order valence-electron chi connectivity index (χ1n) is 12.6. The van der Waals surface area contributed by atoms with Crippen LogP contribution in [0.4, 0.5) is 4.39 Å². The number of benzene rings is 2. The molecule has 0 bridgehead atoms. The SMILES string of the molecule is Cc1ccc2nc(-c3cc(C4CCCC(C(=O)N5CCCCC5)CCC4)ccc3F)[nH]c2c1. The third-order valence-electron chi connectivity index (χ3n) is 7.58. The smallest absolute Gasteiger partial charge is 0.225 e. The molecule has 0 radical (unpaired) electrons. The molecule has 4 nitrogen and oxygen atoms in total. The maximum atomic E-state index is 14.8. The lowest BCUT2D eigenvalue weighted by molar-refractivity contribution is -0.137. The summed E-state index contributed by atoms with van der Waals surface area (Å²) in [6.07, 6.45) is 9.70. The summed E-state index contributed by atoms with van der Waals surface area (Å²) in [7, 11) is 0. The van der Waals surface area contributed by atoms with Crippen LogP contribution in [0.3, 0.4) is 0 Å². The second-order valence-electron chi connectivity index (χ2n) is 9.99. The van der Waals surface area contributed by atoms with Crippen LogP contribution in [0.15, 0.2) is 36.4 Å². The summed E-state index contributed by atoms with van der Waals surface area (Å²) in [6.45, 7) is 3.93. The van der Waals surface area contributed by atoms with Gasteiger partial charge >= 0.3 is 0 Å². The number of aryl methyl sites for hydroxylation is 1. The first-order chi connectivity index (χ1) is 16.1. The Morgan fingerprint density at radius 1 is 0.970 bits per heavy atom. The van der Waals surface area contributed by atoms with E-state index in [1.807, 2.05) is 37.3 Å². The van der Waals surface area contributed by atoms with E-state index in [4.69, 9.17) is 0 Å². The normalized spacial score (nSPS) is 22.2. The largest absolute Gasteiger partial charge is 0.342 e. The van der Waals surface area contributed by atoms with E-state index >= 15 is 0 Å². The lowest BCUT2D eigenvalue weighted by Crippen LogP contribution is -2.40. The number of carbonyl (C=O) groups excluding carboxylic acids is 1. The number of nitrogens with zero attached hydrogens (tertiary/aromatic N) is 2. The third-order valence-corrected chi connectivity index (χ3v) is 7.58. The zero-order valence-corrected chi connectivity index (χ0v) is 19.6. The van der Waals surface area contributed by atoms with Crippen LogP contribution in [-0.4, -0.2) is 33.9 Å². The summed E-state index contributed by atoms with van der Waals surface area (Å²) in [4.78, 5) is 23.0. The van der Waals surface area contributed by atoms with Crippen LogP contribution in [0, 0.1) is 18.7 Å². The van der Waals surface area contributed by atoms with Crippen molar-refractivity contribution >= 4 is 16.9 Å². The van der Waals surface area contributed by atoms with Gasteiger partial charge in [-0.1, -0.05) is 25.0 Å². The van der Waals surface area contributed by atoms with Gasteiger partial charge in [0.1, 0.15) is 11.6 Å². The van der Waals surface area contributed by atoms with Crippen LogP contribution in [0.5, 0.6) is 0 Å². The van der Waals surface area contributed by atoms with E-state index in [0.717, 1.165) is 81.1 Å². The fraction of sp³-hybridized carbons (Fsp3) is 0.500. The Morgan fingerprint density at radius 3 is 2.48 bits per heavy atom. The van der Waals surface area contributed by atoms with Gasteiger partial charge in [-0.25, -0.2) is 9.37 Å². The minimum Gasteiger partial charge on any atom is -0.342 e. The van der Waals surface area contributed by atoms with Crippen LogP contribution in [0.2, 0.25) is 0 Å². The van der Waals surface area contributed by atoms with Crippen molar-refractivity contribution in [2.75, 3.05) is 13.1 Å². The molecule has 5 heteroatoms. The number of aromatic nitrogens is 2. The molecular weight excluding hydrogens is 413 g/mol. The lowest BCUT2D eigenvalue weighted by Gasteiger charge is -2.32. The van der Waals surface area contributed by atoms with Gasteiger partial charge in [0.25, 0.3) is 0 Å². The molecule has 2 aliphatic rings. The molecule has 1 aromatic heterocycles. The molecule has 1 amide bonds. The van der Waals surface area contributed by atoms with Gasteiger partial charge in [0.15, 0.2) is 0 Å². The lowest BCUT2D eigenvalue weighted by atomic mass is 9.81. The molecule has 2 aromatic carbocycles. The molecule has 174 valence electrons. The number of amides is 1. The van der Waals surface area contributed by atoms with Crippen molar-refractivity contribution in [1.82, 2.24) is 14.9 Å². The fourth-order valence-electron chi connectivity index (χ4n) is 5.69. The standard InChI is InChI=1S/C28H34FN3O/c1-19-11-14-25-26(17-19)31-27(30-25)23-18-22(12-13-24(23)29)20-7-5-9-21(10-6-8-20)28(33)32-15-3-2-4-16-32/h11-14,17-18,20-21H,2-10,15-16H2,1H3,(H,30,31). The minimum atomic E-state index is -0.243. The Labute approximate surface area is 195 Å². The second kappa shape index (κ2) is 9.66. The number of likely N-dealkylation sites (tertiary alicyclic amines) is 1. The maximum absolute atomic E-state index is 14.8. The minimum absolute atomic E-state index is 0.187. The topological polar surface area (TPSA) is 49.0 Å². The zero-order chi connectivity index (χ0) is 22.8. The van der Waals surface area contributed by atoms with E-state index in [1.165, 1.54) is 12.0 Å². The summed E-state index contributed by atoms with van der Waals surface area (Å²) in [5.74, 6) is 1.33. The van der Waals surface area contributed by atoms with Gasteiger partial charge in [-0.2, -0.15) is 0 Å². The Bertz CT molecular complexity index is 1120. The van der Waals surface area contributed by atoms with Crippen LogP contribution >= 0.6 is 0 Å². The summed E-state index contributed by atoms with van der Waals surface area (Å²) in [5, 5.41) is 0. The molecule has 1 aliphatic heterocycles. The Balaban J connectivity index is 1.29. The van der Waals surface area contributed by atoms with Gasteiger partial charge in [-0.15, -0.1) is 0 Å². The molecule has 1 saturated carbocycles. The highest BCUT2D eigenvalue weighted by molar-refractivity contribution is 5.80. The highest BCUT2D eigenvalue weighted by Gasteiger charge is 2.27. The van der Waals surface area contributed by atoms with Crippen LogP contribution in [0.25, 0.3) is 22.4 Å². The molecule has 33 heavy (non-hydrogen) atoms. The van der Waals surface area contributed by atoms with Gasteiger partial charge in [0.2, 0.25) is 5.91 Å². The number of aromatic amines is 1. The van der Waals surface area contributed by atoms with Gasteiger partial charge < -0.3 is 9.88 Å². The molecule has 0 unspecified atom stereocenters. The van der Waals surface area contributed by atoms with Gasteiger partial charge in [0.05, 0.1) is 16.6 Å². The second-order valence-corrected chi connectivity index (χ2v) is 9.99. The first kappa shape index (κ1) is 22.1. The Kier molecular flexibility index (Phi) is 6.48. The van der Waals surface area contributed by atoms with E-state index in [0.29, 0.717) is 23.2 Å². The van der Waals surface area contributed by atoms with E-state index < -0.39 is 0 Å². The number of piperidine rings is 1. The number of nitrogens with one attached hydrogen (secondary N) is 1. The van der Waals surface area contributed by atoms with E-state index in [-0.39, 0.29) is 11.7 Å². The van der Waals surface area contributed by atoms with Crippen LogP contribution < -0.4 is 0 Å². The third kappa shape index (κ3) is 4.83. The molecule has 1 saturated heterocycles. The first-order valence-corrected chi connectivity index (χ1v) is 12.6. The fourth-order valence-corrected chi connectivity index (χ4v) is 5.69. The summed E-state index contributed by atoms with van der Waals surface area (Å²) >= 11 is 0. The number of fused-ring (bicyclic) bond motifs is 1.